The Hall–Kier alpha value is -4.42. The zero-order valence-corrected chi connectivity index (χ0v) is 22.9. The Morgan fingerprint density at radius 1 is 0.951 bits per heavy atom. The highest BCUT2D eigenvalue weighted by Crippen LogP contribution is 2.34. The number of H-pyrrole nitrogens is 1. The Kier molecular flexibility index (Phi) is 9.93. The third-order valence-electron chi connectivity index (χ3n) is 6.91. The number of hydrogen-bond acceptors (Lipinski definition) is 10. The van der Waals surface area contributed by atoms with E-state index in [0.29, 0.717) is 28.6 Å². The Labute approximate surface area is 236 Å². The lowest BCUT2D eigenvalue weighted by molar-refractivity contribution is -0.135. The van der Waals surface area contributed by atoms with Crippen LogP contribution in [0.25, 0.3) is 10.8 Å². The fourth-order valence-corrected chi connectivity index (χ4v) is 4.61. The Morgan fingerprint density at radius 3 is 2.37 bits per heavy atom. The first-order valence-electron chi connectivity index (χ1n) is 13.5. The summed E-state index contributed by atoms with van der Waals surface area (Å²) in [5, 5.41) is 33.8. The summed E-state index contributed by atoms with van der Waals surface area (Å²) < 4.78 is 0. The number of rotatable bonds is 13. The molecule has 1 saturated heterocycles. The zero-order valence-electron chi connectivity index (χ0n) is 22.9. The second kappa shape index (κ2) is 13.8. The lowest BCUT2D eigenvalue weighted by atomic mass is 10.1. The van der Waals surface area contributed by atoms with Gasteiger partial charge in [0.15, 0.2) is 17.5 Å². The fourth-order valence-electron chi connectivity index (χ4n) is 4.61. The lowest BCUT2D eigenvalue weighted by Crippen LogP contribution is -2.38. The molecule has 1 amide bonds. The Morgan fingerprint density at radius 2 is 1.66 bits per heavy atom. The van der Waals surface area contributed by atoms with Crippen LogP contribution < -0.4 is 10.6 Å². The number of piperidine rings is 1. The minimum Gasteiger partial charge on any atom is -0.494 e. The molecule has 4 rings (SSSR count). The number of fused-ring (bicyclic) bond motifs is 1. The molecule has 12 nitrogen and oxygen atoms in total. The van der Waals surface area contributed by atoms with Crippen LogP contribution in [0.2, 0.25) is 0 Å². The number of Topliss-reactive ketones (excluding diaryl/α,β-unsaturated/α-hetero) is 3. The molecule has 0 spiro atoms. The molecule has 2 aromatic carbocycles. The van der Waals surface area contributed by atoms with Gasteiger partial charge in [-0.2, -0.15) is 10.2 Å². The third kappa shape index (κ3) is 8.05. The zero-order chi connectivity index (χ0) is 29.4. The fraction of sp³-hybridized carbons (Fsp3) is 0.379. The van der Waals surface area contributed by atoms with Gasteiger partial charge in [-0.15, -0.1) is 0 Å². The summed E-state index contributed by atoms with van der Waals surface area (Å²) in [6.45, 7) is 4.90. The van der Waals surface area contributed by atoms with Crippen molar-refractivity contribution in [2.45, 2.75) is 38.6 Å². The molecule has 1 aliphatic heterocycles. The van der Waals surface area contributed by atoms with Crippen molar-refractivity contribution in [3.8, 4) is 11.8 Å². The lowest BCUT2D eigenvalue weighted by Gasteiger charge is -2.26. The first-order valence-corrected chi connectivity index (χ1v) is 13.5. The smallest absolute Gasteiger partial charge is 0.258 e. The Balaban J connectivity index is 1.27. The van der Waals surface area contributed by atoms with E-state index >= 15 is 0 Å². The molecule has 41 heavy (non-hydrogen) atoms. The molecule has 0 saturated carbocycles. The molecular formula is C29H34N6O6. The number of benzene rings is 2. The number of carbonyl (C=O) groups excluding carboxylic acids is 4. The summed E-state index contributed by atoms with van der Waals surface area (Å²) in [5.74, 6) is -2.63. The number of aromatic hydroxyl groups is 2. The van der Waals surface area contributed by atoms with Crippen molar-refractivity contribution >= 4 is 45.4 Å². The van der Waals surface area contributed by atoms with Gasteiger partial charge in [-0.1, -0.05) is 18.6 Å². The predicted molar refractivity (Wildman–Crippen MR) is 153 cm³/mol. The minimum atomic E-state index is -1.42. The summed E-state index contributed by atoms with van der Waals surface area (Å²) in [4.78, 5) is 54.2. The van der Waals surface area contributed by atoms with E-state index < -0.39 is 29.3 Å². The number of likely N-dealkylation sites (tertiary alicyclic amines) is 1. The number of nitrogens with zero attached hydrogens (tertiary/aromatic N) is 3. The SMILES string of the molecule is CC(=O)C(N=Nc1ccc2c(O)[nH]c(O)c2c1)C(=O)Nc1ccc(CC(=O)C(=O)CNCCN2CCCCC2)cc1. The van der Waals surface area contributed by atoms with Gasteiger partial charge >= 0.3 is 0 Å². The number of azo groups is 1. The number of aromatic amines is 1. The highest BCUT2D eigenvalue weighted by molar-refractivity contribution is 6.38. The molecule has 1 atom stereocenters. The number of amides is 1. The molecular weight excluding hydrogens is 528 g/mol. The van der Waals surface area contributed by atoms with Crippen molar-refractivity contribution < 1.29 is 29.4 Å². The topological polar surface area (TPSA) is 177 Å². The maximum atomic E-state index is 12.8. The van der Waals surface area contributed by atoms with Gasteiger partial charge in [-0.25, -0.2) is 0 Å². The van der Waals surface area contributed by atoms with Gasteiger partial charge < -0.3 is 25.7 Å². The minimum absolute atomic E-state index is 0.00445. The normalized spacial score (nSPS) is 14.8. The quantitative estimate of drug-likeness (QED) is 0.0914. The number of anilines is 1. The average molecular weight is 563 g/mol. The summed E-state index contributed by atoms with van der Waals surface area (Å²) in [5.41, 5.74) is 1.27. The molecule has 0 aliphatic carbocycles. The summed E-state index contributed by atoms with van der Waals surface area (Å²) in [6, 6.07) is 9.48. The predicted octanol–water partition coefficient (Wildman–Crippen LogP) is 3.02. The van der Waals surface area contributed by atoms with Crippen LogP contribution in [-0.2, 0) is 25.6 Å². The van der Waals surface area contributed by atoms with Crippen molar-refractivity contribution in [3.63, 3.8) is 0 Å². The van der Waals surface area contributed by atoms with Gasteiger partial charge in [0.25, 0.3) is 5.91 Å². The van der Waals surface area contributed by atoms with Crippen molar-refractivity contribution in [3.05, 3.63) is 48.0 Å². The molecule has 5 N–H and O–H groups in total. The molecule has 0 bridgehead atoms. The van der Waals surface area contributed by atoms with Crippen molar-refractivity contribution in [1.29, 1.82) is 0 Å². The number of nitrogens with one attached hydrogen (secondary N) is 3. The van der Waals surface area contributed by atoms with Gasteiger partial charge in [0.1, 0.15) is 0 Å². The highest BCUT2D eigenvalue weighted by Gasteiger charge is 2.23. The molecule has 0 radical (unpaired) electrons. The van der Waals surface area contributed by atoms with E-state index in [1.165, 1.54) is 44.4 Å². The third-order valence-corrected chi connectivity index (χ3v) is 6.91. The van der Waals surface area contributed by atoms with Crippen molar-refractivity contribution in [2.24, 2.45) is 10.2 Å². The van der Waals surface area contributed by atoms with Crippen LogP contribution in [0.3, 0.4) is 0 Å². The van der Waals surface area contributed by atoms with E-state index in [4.69, 9.17) is 0 Å². The first-order chi connectivity index (χ1) is 19.7. The van der Waals surface area contributed by atoms with Crippen LogP contribution in [0.15, 0.2) is 52.7 Å². The summed E-state index contributed by atoms with van der Waals surface area (Å²) in [6.07, 6.45) is 3.62. The van der Waals surface area contributed by atoms with Gasteiger partial charge in [0.05, 0.1) is 12.2 Å². The van der Waals surface area contributed by atoms with E-state index in [1.54, 1.807) is 24.3 Å². The van der Waals surface area contributed by atoms with Gasteiger partial charge in [-0.05, 0) is 68.8 Å². The van der Waals surface area contributed by atoms with Crippen LogP contribution in [0.1, 0.15) is 31.7 Å². The van der Waals surface area contributed by atoms with E-state index in [0.717, 1.165) is 19.6 Å². The largest absolute Gasteiger partial charge is 0.494 e. The van der Waals surface area contributed by atoms with Crippen LogP contribution in [0, 0.1) is 0 Å². The van der Waals surface area contributed by atoms with Crippen LogP contribution in [0.4, 0.5) is 11.4 Å². The van der Waals surface area contributed by atoms with E-state index in [2.05, 4.69) is 30.7 Å². The van der Waals surface area contributed by atoms with Crippen LogP contribution in [-0.4, -0.2) is 82.1 Å². The van der Waals surface area contributed by atoms with Gasteiger partial charge in [-0.3, -0.25) is 24.2 Å². The molecule has 1 unspecified atom stereocenters. The molecule has 2 heterocycles. The summed E-state index contributed by atoms with van der Waals surface area (Å²) in [7, 11) is 0. The maximum absolute atomic E-state index is 12.8. The highest BCUT2D eigenvalue weighted by atomic mass is 16.3. The van der Waals surface area contributed by atoms with Crippen molar-refractivity contribution in [1.82, 2.24) is 15.2 Å². The first kappa shape index (κ1) is 29.6. The number of hydrogen-bond donors (Lipinski definition) is 5. The molecule has 1 aliphatic rings. The van der Waals surface area contributed by atoms with Gasteiger partial charge in [0, 0.05) is 36.0 Å². The second-order valence-corrected chi connectivity index (χ2v) is 10.1. The molecule has 12 heteroatoms. The number of aromatic nitrogens is 1. The van der Waals surface area contributed by atoms with E-state index in [-0.39, 0.29) is 30.4 Å². The maximum Gasteiger partial charge on any atom is 0.258 e. The van der Waals surface area contributed by atoms with E-state index in [1.807, 2.05) is 0 Å². The Bertz CT molecular complexity index is 1440. The van der Waals surface area contributed by atoms with Crippen LogP contribution >= 0.6 is 0 Å². The number of ketones is 3. The average Bonchev–Trinajstić information content (AvgIpc) is 3.24. The monoisotopic (exact) mass is 562 g/mol. The number of carbonyl (C=O) groups is 4. The standard InChI is InChI=1S/C29H34N6O6/c1-18(36)26(34-33-21-9-10-22-23(16-21)28(40)32-27(22)39)29(41)31-20-7-5-19(6-8-20)15-24(37)25(38)17-30-11-14-35-12-3-2-4-13-35/h5-10,16,26,30,32,39-40H,2-4,11-15,17H2,1H3,(H,31,41). The van der Waals surface area contributed by atoms with Crippen molar-refractivity contribution in [2.75, 3.05) is 38.0 Å². The van der Waals surface area contributed by atoms with Crippen LogP contribution in [0.5, 0.6) is 11.8 Å². The molecule has 1 aromatic heterocycles. The molecule has 1 fully saturated rings. The molecule has 216 valence electrons. The van der Waals surface area contributed by atoms with Gasteiger partial charge in [0.2, 0.25) is 17.6 Å². The molecule has 3 aromatic rings. The summed E-state index contributed by atoms with van der Waals surface area (Å²) >= 11 is 0. The van der Waals surface area contributed by atoms with E-state index in [9.17, 15) is 29.4 Å². The second-order valence-electron chi connectivity index (χ2n) is 10.1.